The highest BCUT2D eigenvalue weighted by atomic mass is 35.5. The highest BCUT2D eigenvalue weighted by Gasteiger charge is 2.39. The van der Waals surface area contributed by atoms with Gasteiger partial charge in [-0.1, -0.05) is 11.6 Å². The Morgan fingerprint density at radius 2 is 2.11 bits per heavy atom. The highest BCUT2D eigenvalue weighted by molar-refractivity contribution is 6.55. The van der Waals surface area contributed by atoms with E-state index < -0.39 is 17.5 Å². The number of benzene rings is 1. The lowest BCUT2D eigenvalue weighted by atomic mass is 10.1. The van der Waals surface area contributed by atoms with Crippen molar-refractivity contribution in [2.75, 3.05) is 11.4 Å². The Kier molecular flexibility index (Phi) is 3.35. The number of carbonyl (C=O) groups excluding carboxylic acids is 2. The number of hydrogen-bond acceptors (Lipinski definition) is 2. The summed E-state index contributed by atoms with van der Waals surface area (Å²) in [5, 5.41) is 0.0872. The third-order valence-electron chi connectivity index (χ3n) is 2.72. The monoisotopic (exact) mass is 265 g/mol. The van der Waals surface area contributed by atoms with E-state index in [2.05, 4.69) is 5.92 Å². The van der Waals surface area contributed by atoms with Crippen LogP contribution >= 0.6 is 11.6 Å². The smallest absolute Gasteiger partial charge is 0.299 e. The fourth-order valence-electron chi connectivity index (χ4n) is 1.90. The van der Waals surface area contributed by atoms with Crippen LogP contribution in [0.4, 0.5) is 10.1 Å². The minimum Gasteiger partial charge on any atom is -0.302 e. The Morgan fingerprint density at radius 3 is 2.78 bits per heavy atom. The molecule has 18 heavy (non-hydrogen) atoms. The molecule has 0 saturated heterocycles. The third-order valence-corrected chi connectivity index (χ3v) is 3.03. The van der Waals surface area contributed by atoms with Gasteiger partial charge in [0, 0.05) is 13.0 Å². The maximum atomic E-state index is 13.7. The summed E-state index contributed by atoms with van der Waals surface area (Å²) < 4.78 is 13.7. The maximum Gasteiger partial charge on any atom is 0.299 e. The fraction of sp³-hybridized carbons (Fsp3) is 0.231. The van der Waals surface area contributed by atoms with Crippen LogP contribution in [0.1, 0.15) is 23.2 Å². The molecule has 0 N–H and O–H groups in total. The van der Waals surface area contributed by atoms with E-state index in [-0.39, 0.29) is 22.8 Å². The third kappa shape index (κ3) is 1.87. The van der Waals surface area contributed by atoms with Crippen molar-refractivity contribution in [2.45, 2.75) is 12.8 Å². The molecule has 1 aliphatic rings. The molecular formula is C13H9ClFNO2. The van der Waals surface area contributed by atoms with Crippen LogP contribution in [0.3, 0.4) is 0 Å². The Hall–Kier alpha value is -1.86. The lowest BCUT2D eigenvalue weighted by Crippen LogP contribution is -2.31. The number of terminal acetylenes is 1. The number of hydrogen-bond donors (Lipinski definition) is 0. The molecule has 5 heteroatoms. The van der Waals surface area contributed by atoms with Crippen molar-refractivity contribution in [3.05, 3.63) is 28.5 Å². The first-order chi connectivity index (χ1) is 8.57. The standard InChI is InChI=1S/C13H9ClFNO2/c1-2-3-4-7-16-11-9(15)6-5-8(14)10(11)12(17)13(16)18/h1,5-6H,3-4,7H2. The molecule has 0 spiro atoms. The van der Waals surface area contributed by atoms with E-state index >= 15 is 0 Å². The molecule has 3 nitrogen and oxygen atoms in total. The van der Waals surface area contributed by atoms with E-state index in [0.29, 0.717) is 12.8 Å². The van der Waals surface area contributed by atoms with Crippen molar-refractivity contribution < 1.29 is 14.0 Å². The summed E-state index contributed by atoms with van der Waals surface area (Å²) in [7, 11) is 0. The molecule has 1 aromatic rings. The maximum absolute atomic E-state index is 13.7. The number of halogens is 2. The first kappa shape index (κ1) is 12.6. The van der Waals surface area contributed by atoms with Gasteiger partial charge in [-0.2, -0.15) is 0 Å². The Labute approximate surface area is 109 Å². The molecule has 2 rings (SSSR count). The lowest BCUT2D eigenvalue weighted by molar-refractivity contribution is -0.114. The number of ketones is 1. The molecule has 0 aliphatic carbocycles. The zero-order valence-corrected chi connectivity index (χ0v) is 10.1. The van der Waals surface area contributed by atoms with Gasteiger partial charge in [0.2, 0.25) is 0 Å². The molecule has 0 unspecified atom stereocenters. The first-order valence-electron chi connectivity index (χ1n) is 5.35. The van der Waals surface area contributed by atoms with Crippen molar-refractivity contribution in [2.24, 2.45) is 0 Å². The van der Waals surface area contributed by atoms with E-state index in [1.165, 1.54) is 6.07 Å². The van der Waals surface area contributed by atoms with Crippen molar-refractivity contribution in [3.63, 3.8) is 0 Å². The van der Waals surface area contributed by atoms with Gasteiger partial charge in [0.05, 0.1) is 16.3 Å². The van der Waals surface area contributed by atoms with Crippen molar-refractivity contribution in [1.29, 1.82) is 0 Å². The predicted molar refractivity (Wildman–Crippen MR) is 66.2 cm³/mol. The van der Waals surface area contributed by atoms with Crippen molar-refractivity contribution >= 4 is 29.0 Å². The number of carbonyl (C=O) groups is 2. The lowest BCUT2D eigenvalue weighted by Gasteiger charge is -2.16. The second kappa shape index (κ2) is 4.79. The number of Topliss-reactive ketones (excluding diaryl/α,β-unsaturated/α-hetero) is 1. The number of nitrogens with zero attached hydrogens (tertiary/aromatic N) is 1. The summed E-state index contributed by atoms with van der Waals surface area (Å²) in [5.41, 5.74) is -0.0862. The van der Waals surface area contributed by atoms with Crippen LogP contribution in [-0.2, 0) is 4.79 Å². The molecule has 0 radical (unpaired) electrons. The van der Waals surface area contributed by atoms with Gasteiger partial charge in [0.15, 0.2) is 0 Å². The number of amides is 1. The van der Waals surface area contributed by atoms with Crippen LogP contribution in [0.25, 0.3) is 0 Å². The van der Waals surface area contributed by atoms with Crippen LogP contribution in [-0.4, -0.2) is 18.2 Å². The molecule has 1 aliphatic heterocycles. The molecule has 0 aromatic heterocycles. The summed E-state index contributed by atoms with van der Waals surface area (Å²) in [6, 6.07) is 2.41. The molecule has 1 aromatic carbocycles. The fourth-order valence-corrected chi connectivity index (χ4v) is 2.14. The Balaban J connectivity index is 2.42. The number of fused-ring (bicyclic) bond motifs is 1. The van der Waals surface area contributed by atoms with Gasteiger partial charge in [0.25, 0.3) is 11.7 Å². The highest BCUT2D eigenvalue weighted by Crippen LogP contribution is 2.36. The van der Waals surface area contributed by atoms with Gasteiger partial charge in [-0.15, -0.1) is 12.3 Å². The predicted octanol–water partition coefficient (Wildman–Crippen LogP) is 2.42. The molecular weight excluding hydrogens is 257 g/mol. The number of rotatable bonds is 3. The quantitative estimate of drug-likeness (QED) is 0.478. The summed E-state index contributed by atoms with van der Waals surface area (Å²) in [6.07, 6.45) is 6.06. The minimum atomic E-state index is -0.768. The van der Waals surface area contributed by atoms with Crippen molar-refractivity contribution in [1.82, 2.24) is 0 Å². The van der Waals surface area contributed by atoms with Gasteiger partial charge in [0.1, 0.15) is 5.82 Å². The SMILES string of the molecule is C#CCCCN1C(=O)C(=O)c2c(Cl)ccc(F)c21. The largest absolute Gasteiger partial charge is 0.302 e. The second-order valence-corrected chi connectivity index (χ2v) is 4.25. The van der Waals surface area contributed by atoms with Crippen LogP contribution in [0.2, 0.25) is 5.02 Å². The van der Waals surface area contributed by atoms with E-state index in [0.717, 1.165) is 11.0 Å². The van der Waals surface area contributed by atoms with E-state index in [1.54, 1.807) is 0 Å². The minimum absolute atomic E-state index is 0.0329. The average Bonchev–Trinajstić information content (AvgIpc) is 2.60. The van der Waals surface area contributed by atoms with E-state index in [4.69, 9.17) is 18.0 Å². The zero-order chi connectivity index (χ0) is 13.3. The molecule has 0 atom stereocenters. The molecule has 92 valence electrons. The van der Waals surface area contributed by atoms with Gasteiger partial charge >= 0.3 is 0 Å². The van der Waals surface area contributed by atoms with Gasteiger partial charge in [-0.3, -0.25) is 9.59 Å². The summed E-state index contributed by atoms with van der Waals surface area (Å²) in [4.78, 5) is 24.6. The summed E-state index contributed by atoms with van der Waals surface area (Å²) >= 11 is 5.83. The first-order valence-corrected chi connectivity index (χ1v) is 5.73. The average molecular weight is 266 g/mol. The number of anilines is 1. The van der Waals surface area contributed by atoms with Gasteiger partial charge < -0.3 is 4.90 Å². The molecule has 0 bridgehead atoms. The van der Waals surface area contributed by atoms with Gasteiger partial charge in [-0.25, -0.2) is 4.39 Å². The normalized spacial score (nSPS) is 13.7. The van der Waals surface area contributed by atoms with Crippen molar-refractivity contribution in [3.8, 4) is 12.3 Å². The number of unbranched alkanes of at least 4 members (excludes halogenated alkanes) is 1. The zero-order valence-electron chi connectivity index (χ0n) is 9.37. The summed E-state index contributed by atoms with van der Waals surface area (Å²) in [5.74, 6) is 0.271. The Morgan fingerprint density at radius 1 is 1.39 bits per heavy atom. The van der Waals surface area contributed by atoms with Crippen LogP contribution in [0.5, 0.6) is 0 Å². The second-order valence-electron chi connectivity index (χ2n) is 3.85. The topological polar surface area (TPSA) is 37.4 Å². The van der Waals surface area contributed by atoms with E-state index in [1.807, 2.05) is 0 Å². The van der Waals surface area contributed by atoms with Crippen LogP contribution in [0.15, 0.2) is 12.1 Å². The van der Waals surface area contributed by atoms with Crippen LogP contribution in [0, 0.1) is 18.2 Å². The van der Waals surface area contributed by atoms with E-state index in [9.17, 15) is 14.0 Å². The van der Waals surface area contributed by atoms with Gasteiger partial charge in [-0.05, 0) is 18.6 Å². The summed E-state index contributed by atoms with van der Waals surface area (Å²) in [6.45, 7) is 0.207. The Bertz CT molecular complexity index is 577. The molecule has 1 heterocycles. The molecule has 0 saturated carbocycles. The molecule has 1 amide bonds. The molecule has 0 fully saturated rings. The van der Waals surface area contributed by atoms with Crippen LogP contribution < -0.4 is 4.90 Å².